The highest BCUT2D eigenvalue weighted by Gasteiger charge is 2.32. The van der Waals surface area contributed by atoms with E-state index in [1.54, 1.807) is 6.20 Å². The van der Waals surface area contributed by atoms with Crippen molar-refractivity contribution in [1.29, 1.82) is 0 Å². The molecule has 0 aliphatic carbocycles. The number of rotatable bonds is 4. The molecule has 1 unspecified atom stereocenters. The van der Waals surface area contributed by atoms with Gasteiger partial charge in [-0.1, -0.05) is 24.3 Å². The molecule has 1 aromatic carbocycles. The summed E-state index contributed by atoms with van der Waals surface area (Å²) in [5.74, 6) is 0.511. The molecule has 1 atom stereocenters. The summed E-state index contributed by atoms with van der Waals surface area (Å²) in [6.07, 6.45) is 4.85. The van der Waals surface area contributed by atoms with Crippen LogP contribution in [0.15, 0.2) is 36.5 Å². The fourth-order valence-corrected chi connectivity index (χ4v) is 4.14. The van der Waals surface area contributed by atoms with Crippen molar-refractivity contribution >= 4 is 16.7 Å². The quantitative estimate of drug-likeness (QED) is 0.848. The maximum atomic E-state index is 13.5. The molecule has 0 N–H and O–H groups in total. The lowest BCUT2D eigenvalue weighted by molar-refractivity contribution is 0.0533. The first-order valence-electron chi connectivity index (χ1n) is 9.63. The number of hydrogen-bond donors (Lipinski definition) is 0. The summed E-state index contributed by atoms with van der Waals surface area (Å²) in [7, 11) is 2.15. The lowest BCUT2D eigenvalue weighted by atomic mass is 9.99. The highest BCUT2D eigenvalue weighted by Crippen LogP contribution is 2.25. The molecule has 2 fully saturated rings. The summed E-state index contributed by atoms with van der Waals surface area (Å²) in [4.78, 5) is 22.5. The van der Waals surface area contributed by atoms with Crippen molar-refractivity contribution in [2.45, 2.75) is 25.3 Å². The minimum absolute atomic E-state index is 0.0725. The number of nitrogens with zero attached hydrogens (tertiary/aromatic N) is 3. The maximum absolute atomic E-state index is 13.5. The van der Waals surface area contributed by atoms with Crippen LogP contribution in [0.5, 0.6) is 0 Å². The Morgan fingerprint density at radius 3 is 2.81 bits per heavy atom. The molecule has 1 amide bonds. The molecule has 138 valence electrons. The standard InChI is InChI=1S/C21H27N3O2/c1-23-11-7-18(8-12-23)24(14-16-9-13-26-15-16)21(25)20-19-5-3-2-4-17(19)6-10-22-20/h2-6,10,16,18H,7-9,11-15H2,1H3. The second-order valence-electron chi connectivity index (χ2n) is 7.60. The van der Waals surface area contributed by atoms with Gasteiger partial charge in [-0.15, -0.1) is 0 Å². The topological polar surface area (TPSA) is 45.7 Å². The Bertz CT molecular complexity index is 759. The maximum Gasteiger partial charge on any atom is 0.273 e. The molecule has 3 heterocycles. The molecule has 26 heavy (non-hydrogen) atoms. The fraction of sp³-hybridized carbons (Fsp3) is 0.524. The number of pyridine rings is 1. The molecule has 1 aromatic heterocycles. The first kappa shape index (κ1) is 17.4. The van der Waals surface area contributed by atoms with Gasteiger partial charge in [-0.2, -0.15) is 0 Å². The second-order valence-corrected chi connectivity index (χ2v) is 7.60. The molecule has 2 saturated heterocycles. The smallest absolute Gasteiger partial charge is 0.273 e. The number of fused-ring (bicyclic) bond motifs is 1. The van der Waals surface area contributed by atoms with E-state index >= 15 is 0 Å². The molecular formula is C21H27N3O2. The summed E-state index contributed by atoms with van der Waals surface area (Å²) >= 11 is 0. The zero-order chi connectivity index (χ0) is 17.9. The van der Waals surface area contributed by atoms with Gasteiger partial charge >= 0.3 is 0 Å². The Labute approximate surface area is 154 Å². The Balaban J connectivity index is 1.64. The van der Waals surface area contributed by atoms with E-state index in [0.717, 1.165) is 62.9 Å². The van der Waals surface area contributed by atoms with Crippen molar-refractivity contribution in [1.82, 2.24) is 14.8 Å². The molecule has 2 aliphatic rings. The second kappa shape index (κ2) is 7.72. The monoisotopic (exact) mass is 353 g/mol. The van der Waals surface area contributed by atoms with Crippen LogP contribution in [0.4, 0.5) is 0 Å². The highest BCUT2D eigenvalue weighted by atomic mass is 16.5. The zero-order valence-corrected chi connectivity index (χ0v) is 15.4. The van der Waals surface area contributed by atoms with Crippen LogP contribution in [0.1, 0.15) is 29.8 Å². The number of likely N-dealkylation sites (tertiary alicyclic amines) is 1. The third-order valence-electron chi connectivity index (χ3n) is 5.74. The van der Waals surface area contributed by atoms with Crippen LogP contribution in [-0.2, 0) is 4.74 Å². The SMILES string of the molecule is CN1CCC(N(CC2CCOC2)C(=O)c2nccc3ccccc23)CC1. The van der Waals surface area contributed by atoms with Crippen molar-refractivity contribution in [3.63, 3.8) is 0 Å². The number of amides is 1. The number of carbonyl (C=O) groups excluding carboxylic acids is 1. The van der Waals surface area contributed by atoms with E-state index in [1.807, 2.05) is 30.3 Å². The van der Waals surface area contributed by atoms with Crippen LogP contribution in [-0.4, -0.2) is 66.6 Å². The first-order chi connectivity index (χ1) is 12.7. The fourth-order valence-electron chi connectivity index (χ4n) is 4.14. The van der Waals surface area contributed by atoms with E-state index in [1.165, 1.54) is 0 Å². The predicted octanol–water partition coefficient (Wildman–Crippen LogP) is 2.81. The van der Waals surface area contributed by atoms with Gasteiger partial charge in [0, 0.05) is 36.7 Å². The highest BCUT2D eigenvalue weighted by molar-refractivity contribution is 6.05. The van der Waals surface area contributed by atoms with E-state index in [0.29, 0.717) is 17.7 Å². The lowest BCUT2D eigenvalue weighted by Gasteiger charge is -2.38. The summed E-state index contributed by atoms with van der Waals surface area (Å²) < 4.78 is 5.56. The molecule has 0 bridgehead atoms. The van der Waals surface area contributed by atoms with E-state index in [-0.39, 0.29) is 5.91 Å². The molecule has 0 spiro atoms. The molecule has 0 saturated carbocycles. The molecule has 2 aromatic rings. The number of piperidine rings is 1. The number of benzene rings is 1. The molecule has 0 radical (unpaired) electrons. The molecular weight excluding hydrogens is 326 g/mol. The van der Waals surface area contributed by atoms with Crippen molar-refractivity contribution < 1.29 is 9.53 Å². The van der Waals surface area contributed by atoms with E-state index < -0.39 is 0 Å². The van der Waals surface area contributed by atoms with Gasteiger partial charge in [0.2, 0.25) is 0 Å². The third kappa shape index (κ3) is 3.60. The van der Waals surface area contributed by atoms with Gasteiger partial charge in [-0.3, -0.25) is 9.78 Å². The summed E-state index contributed by atoms with van der Waals surface area (Å²) in [6, 6.07) is 10.3. The van der Waals surface area contributed by atoms with Gasteiger partial charge in [-0.05, 0) is 50.9 Å². The largest absolute Gasteiger partial charge is 0.381 e. The van der Waals surface area contributed by atoms with E-state index in [2.05, 4.69) is 21.8 Å². The van der Waals surface area contributed by atoms with Gasteiger partial charge in [-0.25, -0.2) is 0 Å². The van der Waals surface area contributed by atoms with Crippen molar-refractivity contribution in [2.75, 3.05) is 39.9 Å². The molecule has 4 rings (SSSR count). The zero-order valence-electron chi connectivity index (χ0n) is 15.4. The van der Waals surface area contributed by atoms with Gasteiger partial charge in [0.05, 0.1) is 6.61 Å². The number of hydrogen-bond acceptors (Lipinski definition) is 4. The van der Waals surface area contributed by atoms with Gasteiger partial charge in [0.15, 0.2) is 0 Å². The predicted molar refractivity (Wildman–Crippen MR) is 102 cm³/mol. The van der Waals surface area contributed by atoms with Gasteiger partial charge in [0.1, 0.15) is 5.69 Å². The molecule has 5 nitrogen and oxygen atoms in total. The van der Waals surface area contributed by atoms with Crippen molar-refractivity contribution in [3.05, 3.63) is 42.2 Å². The average Bonchev–Trinajstić information content (AvgIpc) is 3.19. The van der Waals surface area contributed by atoms with E-state index in [9.17, 15) is 4.79 Å². The van der Waals surface area contributed by atoms with Crippen LogP contribution in [0, 0.1) is 5.92 Å². The minimum atomic E-state index is 0.0725. The third-order valence-corrected chi connectivity index (χ3v) is 5.74. The summed E-state index contributed by atoms with van der Waals surface area (Å²) in [5, 5.41) is 2.01. The number of ether oxygens (including phenoxy) is 1. The Morgan fingerprint density at radius 2 is 2.04 bits per heavy atom. The van der Waals surface area contributed by atoms with Crippen molar-refractivity contribution in [3.8, 4) is 0 Å². The van der Waals surface area contributed by atoms with Crippen LogP contribution in [0.2, 0.25) is 0 Å². The van der Waals surface area contributed by atoms with Crippen LogP contribution < -0.4 is 0 Å². The summed E-state index contributed by atoms with van der Waals surface area (Å²) in [6.45, 7) is 4.43. The van der Waals surface area contributed by atoms with Crippen molar-refractivity contribution in [2.24, 2.45) is 5.92 Å². The van der Waals surface area contributed by atoms with Gasteiger partial charge < -0.3 is 14.5 Å². The molecule has 2 aliphatic heterocycles. The van der Waals surface area contributed by atoms with Crippen LogP contribution in [0.25, 0.3) is 10.8 Å². The van der Waals surface area contributed by atoms with Gasteiger partial charge in [0.25, 0.3) is 5.91 Å². The van der Waals surface area contributed by atoms with Crippen LogP contribution >= 0.6 is 0 Å². The Morgan fingerprint density at radius 1 is 1.23 bits per heavy atom. The number of carbonyl (C=O) groups is 1. The normalized spacial score (nSPS) is 22.0. The Kier molecular flexibility index (Phi) is 5.18. The van der Waals surface area contributed by atoms with E-state index in [4.69, 9.17) is 4.74 Å². The average molecular weight is 353 g/mol. The minimum Gasteiger partial charge on any atom is -0.381 e. The lowest BCUT2D eigenvalue weighted by Crippen LogP contribution is -2.48. The summed E-state index contributed by atoms with van der Waals surface area (Å²) in [5.41, 5.74) is 0.584. The Hall–Kier alpha value is -1.98. The van der Waals surface area contributed by atoms with Crippen LogP contribution in [0.3, 0.4) is 0 Å². The molecule has 5 heteroatoms. The first-order valence-corrected chi connectivity index (χ1v) is 9.63. The number of aromatic nitrogens is 1.